The molecule has 2 aromatic rings. The highest BCUT2D eigenvalue weighted by atomic mass is 16.6. The van der Waals surface area contributed by atoms with Crippen LogP contribution in [0.15, 0.2) is 48.5 Å². The third-order valence-electron chi connectivity index (χ3n) is 7.16. The monoisotopic (exact) mass is 480 g/mol. The first-order chi connectivity index (χ1) is 16.9. The van der Waals surface area contributed by atoms with Gasteiger partial charge in [-0.3, -0.25) is 4.79 Å². The van der Waals surface area contributed by atoms with Gasteiger partial charge in [0.1, 0.15) is 12.7 Å². The smallest absolute Gasteiger partial charge is 0.407 e. The van der Waals surface area contributed by atoms with Crippen LogP contribution in [0, 0.1) is 0 Å². The van der Waals surface area contributed by atoms with Gasteiger partial charge in [-0.15, -0.1) is 0 Å². The quantitative estimate of drug-likeness (QED) is 0.578. The largest absolute Gasteiger partial charge is 0.479 e. The maximum atomic E-state index is 12.7. The fraction of sp³-hybridized carbons (Fsp3) is 0.423. The van der Waals surface area contributed by atoms with Crippen LogP contribution in [0.25, 0.3) is 11.1 Å². The minimum Gasteiger partial charge on any atom is -0.479 e. The van der Waals surface area contributed by atoms with Crippen molar-refractivity contribution in [2.45, 2.75) is 43.0 Å². The summed E-state index contributed by atoms with van der Waals surface area (Å²) in [5, 5.41) is 21.9. The zero-order valence-corrected chi connectivity index (χ0v) is 19.2. The minimum atomic E-state index is -1.90. The van der Waals surface area contributed by atoms with Gasteiger partial charge in [0.05, 0.1) is 12.6 Å². The number of rotatable bonds is 6. The molecule has 35 heavy (non-hydrogen) atoms. The molecule has 3 aliphatic rings. The summed E-state index contributed by atoms with van der Waals surface area (Å²) in [4.78, 5) is 37.6. The number of carbonyl (C=O) groups excluding carboxylic acids is 2. The van der Waals surface area contributed by atoms with Crippen LogP contribution in [-0.4, -0.2) is 77.1 Å². The lowest BCUT2D eigenvalue weighted by Gasteiger charge is -2.22. The van der Waals surface area contributed by atoms with E-state index in [9.17, 15) is 19.5 Å². The summed E-state index contributed by atoms with van der Waals surface area (Å²) in [5.41, 5.74) is 2.69. The molecular weight excluding hydrogens is 452 g/mol. The molecule has 3 N–H and O–H groups in total. The Morgan fingerprint density at radius 1 is 1.06 bits per heavy atom. The molecule has 0 bridgehead atoms. The fourth-order valence-corrected chi connectivity index (χ4v) is 5.24. The second kappa shape index (κ2) is 9.31. The number of alkyl carbamates (subject to hydrolysis) is 1. The minimum absolute atomic E-state index is 0.00639. The number of hydrogen-bond donors (Lipinski definition) is 3. The molecule has 2 saturated heterocycles. The van der Waals surface area contributed by atoms with E-state index in [1.807, 2.05) is 24.3 Å². The van der Waals surface area contributed by atoms with Gasteiger partial charge in [0.25, 0.3) is 5.91 Å². The zero-order valence-electron chi connectivity index (χ0n) is 19.2. The van der Waals surface area contributed by atoms with Crippen LogP contribution >= 0.6 is 0 Å². The number of β-amino-alcohol motifs (C(OH)–C–C–N with tert-alkyl or cyclic N) is 1. The summed E-state index contributed by atoms with van der Waals surface area (Å²) >= 11 is 0. The van der Waals surface area contributed by atoms with Crippen LogP contribution in [-0.2, 0) is 19.1 Å². The standard InChI is InChI=1S/C26H28N2O7/c29-23(28-12-11-26(33,15-28)24(30)31)22-10-9-16(35-22)13-27-25(32)34-14-21-19-7-3-1-5-17(19)18-6-2-4-8-20(18)21/h1-8,16,21-22,33H,9-15H2,(H,27,32)(H,30,31). The van der Waals surface area contributed by atoms with E-state index in [1.165, 1.54) is 4.90 Å². The molecule has 1 aliphatic carbocycles. The molecular formula is C26H28N2O7. The molecule has 2 amide bonds. The van der Waals surface area contributed by atoms with Crippen LogP contribution in [0.1, 0.15) is 36.3 Å². The molecule has 184 valence electrons. The van der Waals surface area contributed by atoms with Crippen molar-refractivity contribution >= 4 is 18.0 Å². The van der Waals surface area contributed by atoms with Gasteiger partial charge in [-0.25, -0.2) is 9.59 Å². The van der Waals surface area contributed by atoms with E-state index in [0.29, 0.717) is 12.8 Å². The van der Waals surface area contributed by atoms with Crippen LogP contribution < -0.4 is 5.32 Å². The number of benzene rings is 2. The molecule has 9 nitrogen and oxygen atoms in total. The van der Waals surface area contributed by atoms with Crippen LogP contribution in [0.2, 0.25) is 0 Å². The molecule has 9 heteroatoms. The van der Waals surface area contributed by atoms with E-state index >= 15 is 0 Å². The number of fused-ring (bicyclic) bond motifs is 3. The summed E-state index contributed by atoms with van der Waals surface area (Å²) in [6, 6.07) is 16.2. The van der Waals surface area contributed by atoms with Gasteiger partial charge in [-0.05, 0) is 35.1 Å². The third-order valence-corrected chi connectivity index (χ3v) is 7.16. The van der Waals surface area contributed by atoms with Crippen molar-refractivity contribution in [1.29, 1.82) is 0 Å². The number of likely N-dealkylation sites (tertiary alicyclic amines) is 1. The topological polar surface area (TPSA) is 125 Å². The maximum absolute atomic E-state index is 12.7. The number of carboxylic acid groups (broad SMARTS) is 1. The SMILES string of the molecule is O=C(NCC1CCC(C(=O)N2CCC(O)(C(=O)O)C2)O1)OCC1c2ccccc2-c2ccccc21. The van der Waals surface area contributed by atoms with Crippen LogP contribution in [0.3, 0.4) is 0 Å². The Balaban J connectivity index is 1.10. The molecule has 0 saturated carbocycles. The van der Waals surface area contributed by atoms with E-state index in [-0.39, 0.29) is 50.6 Å². The number of aliphatic carboxylic acids is 1. The van der Waals surface area contributed by atoms with Crippen molar-refractivity contribution in [2.75, 3.05) is 26.2 Å². The summed E-state index contributed by atoms with van der Waals surface area (Å²) in [6.07, 6.45) is -0.551. The Morgan fingerprint density at radius 2 is 1.71 bits per heavy atom. The van der Waals surface area contributed by atoms with Crippen molar-refractivity contribution in [1.82, 2.24) is 10.2 Å². The van der Waals surface area contributed by atoms with Gasteiger partial charge in [0.2, 0.25) is 0 Å². The van der Waals surface area contributed by atoms with Crippen LogP contribution in [0.5, 0.6) is 0 Å². The average molecular weight is 481 g/mol. The first kappa shape index (κ1) is 23.3. The number of ether oxygens (including phenoxy) is 2. The molecule has 2 fully saturated rings. The number of nitrogens with zero attached hydrogens (tertiary/aromatic N) is 1. The van der Waals surface area contributed by atoms with Gasteiger partial charge in [0.15, 0.2) is 5.60 Å². The maximum Gasteiger partial charge on any atom is 0.407 e. The Kier molecular flexibility index (Phi) is 6.21. The number of carbonyl (C=O) groups is 3. The molecule has 3 atom stereocenters. The number of nitrogens with one attached hydrogen (secondary N) is 1. The molecule has 2 heterocycles. The van der Waals surface area contributed by atoms with Gasteiger partial charge in [-0.1, -0.05) is 48.5 Å². The predicted molar refractivity (Wildman–Crippen MR) is 125 cm³/mol. The summed E-state index contributed by atoms with van der Waals surface area (Å²) in [7, 11) is 0. The summed E-state index contributed by atoms with van der Waals surface area (Å²) in [6.45, 7) is 0.349. The Bertz CT molecular complexity index is 1110. The Hall–Kier alpha value is -3.43. The lowest BCUT2D eigenvalue weighted by Crippen LogP contribution is -2.45. The summed E-state index contributed by atoms with van der Waals surface area (Å²) < 4.78 is 11.3. The second-order valence-electron chi connectivity index (χ2n) is 9.38. The first-order valence-corrected chi connectivity index (χ1v) is 11.8. The van der Waals surface area contributed by atoms with Gasteiger partial charge < -0.3 is 29.9 Å². The van der Waals surface area contributed by atoms with Gasteiger partial charge in [-0.2, -0.15) is 0 Å². The first-order valence-electron chi connectivity index (χ1n) is 11.8. The highest BCUT2D eigenvalue weighted by Crippen LogP contribution is 2.44. The Morgan fingerprint density at radius 3 is 2.34 bits per heavy atom. The van der Waals surface area contributed by atoms with Crippen molar-refractivity contribution < 1.29 is 34.1 Å². The molecule has 5 rings (SSSR count). The number of hydrogen-bond acceptors (Lipinski definition) is 6. The van der Waals surface area contributed by atoms with Crippen molar-refractivity contribution in [3.05, 3.63) is 59.7 Å². The van der Waals surface area contributed by atoms with Gasteiger partial charge >= 0.3 is 12.1 Å². The molecule has 2 aromatic carbocycles. The lowest BCUT2D eigenvalue weighted by molar-refractivity contribution is -0.158. The molecule has 3 unspecified atom stereocenters. The molecule has 0 aromatic heterocycles. The lowest BCUT2D eigenvalue weighted by atomic mass is 9.98. The van der Waals surface area contributed by atoms with Crippen molar-refractivity contribution in [3.8, 4) is 11.1 Å². The van der Waals surface area contributed by atoms with Gasteiger partial charge in [0, 0.05) is 25.4 Å². The molecule has 0 spiro atoms. The van der Waals surface area contributed by atoms with E-state index in [1.54, 1.807) is 0 Å². The van der Waals surface area contributed by atoms with E-state index in [4.69, 9.17) is 14.6 Å². The summed E-state index contributed by atoms with van der Waals surface area (Å²) in [5.74, 6) is -1.68. The van der Waals surface area contributed by atoms with Crippen LogP contribution in [0.4, 0.5) is 4.79 Å². The van der Waals surface area contributed by atoms with E-state index in [2.05, 4.69) is 29.6 Å². The number of amides is 2. The van der Waals surface area contributed by atoms with Crippen molar-refractivity contribution in [3.63, 3.8) is 0 Å². The van der Waals surface area contributed by atoms with E-state index in [0.717, 1.165) is 22.3 Å². The third kappa shape index (κ3) is 4.49. The molecule has 2 aliphatic heterocycles. The number of aliphatic hydroxyl groups is 1. The normalized spacial score (nSPS) is 25.2. The number of carboxylic acids is 1. The highest BCUT2D eigenvalue weighted by Gasteiger charge is 2.46. The Labute approximate surface area is 202 Å². The van der Waals surface area contributed by atoms with E-state index < -0.39 is 23.8 Å². The highest BCUT2D eigenvalue weighted by molar-refractivity contribution is 5.85. The average Bonchev–Trinajstić information content (AvgIpc) is 3.58. The van der Waals surface area contributed by atoms with Crippen molar-refractivity contribution in [2.24, 2.45) is 0 Å². The fourth-order valence-electron chi connectivity index (χ4n) is 5.24. The molecule has 0 radical (unpaired) electrons. The second-order valence-corrected chi connectivity index (χ2v) is 9.38. The zero-order chi connectivity index (χ0) is 24.6. The predicted octanol–water partition coefficient (Wildman–Crippen LogP) is 2.12.